The summed E-state index contributed by atoms with van der Waals surface area (Å²) in [5, 5.41) is 0. The number of hydrogen-bond acceptors (Lipinski definition) is 1. The summed E-state index contributed by atoms with van der Waals surface area (Å²) in [5.41, 5.74) is 0.674. The first kappa shape index (κ1) is 9.84. The van der Waals surface area contributed by atoms with E-state index in [-0.39, 0.29) is 23.4 Å². The lowest BCUT2D eigenvalue weighted by Crippen LogP contribution is -1.96. The zero-order chi connectivity index (χ0) is 10.3. The van der Waals surface area contributed by atoms with Gasteiger partial charge in [-0.1, -0.05) is 22.0 Å². The molecule has 1 aromatic rings. The van der Waals surface area contributed by atoms with E-state index in [0.29, 0.717) is 5.56 Å². The van der Waals surface area contributed by atoms with Gasteiger partial charge in [0.25, 0.3) is 0 Å². The molecule has 3 heteroatoms. The number of hydrogen-bond donors (Lipinski definition) is 0. The molecule has 14 heavy (non-hydrogen) atoms. The molecule has 0 N–H and O–H groups in total. The maximum absolute atomic E-state index is 13.4. The van der Waals surface area contributed by atoms with Crippen LogP contribution in [0.2, 0.25) is 0 Å². The monoisotopic (exact) mass is 256 g/mol. The predicted molar refractivity (Wildman–Crippen MR) is 55.6 cm³/mol. The molecule has 0 aromatic heterocycles. The van der Waals surface area contributed by atoms with Gasteiger partial charge < -0.3 is 0 Å². The largest absolute Gasteiger partial charge is 0.300 e. The minimum Gasteiger partial charge on any atom is -0.300 e. The number of Topliss-reactive ketones (excluding diaryl/α,β-unsaturated/α-hetero) is 1. The number of halogens is 2. The summed E-state index contributed by atoms with van der Waals surface area (Å²) >= 11 is 3.20. The molecular weight excluding hydrogens is 247 g/mol. The standard InChI is InChI=1S/C11H10BrFO/c1-6(14)9-5-10(9)8-3-2-7(12)4-11(8)13/h2-4,9-10H,5H2,1H3/t9-,10-/m1/s1. The highest BCUT2D eigenvalue weighted by Gasteiger charge is 2.42. The van der Waals surface area contributed by atoms with Gasteiger partial charge in [0.15, 0.2) is 0 Å². The molecule has 2 rings (SSSR count). The fraction of sp³-hybridized carbons (Fsp3) is 0.364. The Hall–Kier alpha value is -0.700. The Bertz CT molecular complexity index is 389. The molecule has 0 bridgehead atoms. The molecule has 0 heterocycles. The normalized spacial score (nSPS) is 24.8. The van der Waals surface area contributed by atoms with Gasteiger partial charge in [-0.15, -0.1) is 0 Å². The molecule has 0 saturated heterocycles. The molecule has 1 aromatic carbocycles. The van der Waals surface area contributed by atoms with Gasteiger partial charge in [0.1, 0.15) is 11.6 Å². The van der Waals surface area contributed by atoms with Crippen LogP contribution in [0.4, 0.5) is 4.39 Å². The van der Waals surface area contributed by atoms with Gasteiger partial charge in [0, 0.05) is 10.4 Å². The highest BCUT2D eigenvalue weighted by atomic mass is 79.9. The number of ketones is 1. The number of carbonyl (C=O) groups excluding carboxylic acids is 1. The Labute approximate surface area is 90.4 Å². The van der Waals surface area contributed by atoms with E-state index >= 15 is 0 Å². The summed E-state index contributed by atoms with van der Waals surface area (Å²) in [6.07, 6.45) is 0.799. The SMILES string of the molecule is CC(=O)[C@H]1C[C@@H]1c1ccc(Br)cc1F. The van der Waals surface area contributed by atoms with Crippen molar-refractivity contribution in [3.63, 3.8) is 0 Å². The maximum atomic E-state index is 13.4. The maximum Gasteiger partial charge on any atom is 0.133 e. The quantitative estimate of drug-likeness (QED) is 0.794. The van der Waals surface area contributed by atoms with Gasteiger partial charge in [-0.3, -0.25) is 4.79 Å². The summed E-state index contributed by atoms with van der Waals surface area (Å²) in [6.45, 7) is 1.57. The van der Waals surface area contributed by atoms with Crippen molar-refractivity contribution in [1.29, 1.82) is 0 Å². The van der Waals surface area contributed by atoms with Crippen LogP contribution in [0.25, 0.3) is 0 Å². The molecule has 1 saturated carbocycles. The van der Waals surface area contributed by atoms with Crippen LogP contribution in [0.15, 0.2) is 22.7 Å². The van der Waals surface area contributed by atoms with Crippen LogP contribution in [-0.2, 0) is 4.79 Å². The predicted octanol–water partition coefficient (Wildman–Crippen LogP) is 3.28. The van der Waals surface area contributed by atoms with Crippen molar-refractivity contribution in [3.8, 4) is 0 Å². The first-order valence-electron chi connectivity index (χ1n) is 4.55. The zero-order valence-corrected chi connectivity index (χ0v) is 9.34. The van der Waals surface area contributed by atoms with E-state index in [1.165, 1.54) is 6.07 Å². The molecule has 0 unspecified atom stereocenters. The van der Waals surface area contributed by atoms with E-state index in [1.807, 2.05) is 6.07 Å². The molecule has 74 valence electrons. The van der Waals surface area contributed by atoms with Gasteiger partial charge in [-0.05, 0) is 37.0 Å². The highest BCUT2D eigenvalue weighted by Crippen LogP contribution is 2.48. The lowest BCUT2D eigenvalue weighted by molar-refractivity contribution is -0.118. The first-order chi connectivity index (χ1) is 6.59. The Kier molecular flexibility index (Phi) is 2.43. The second-order valence-electron chi connectivity index (χ2n) is 3.73. The second-order valence-corrected chi connectivity index (χ2v) is 4.64. The number of rotatable bonds is 2. The third kappa shape index (κ3) is 1.73. The molecule has 1 fully saturated rings. The van der Waals surface area contributed by atoms with Crippen molar-refractivity contribution in [3.05, 3.63) is 34.1 Å². The van der Waals surface area contributed by atoms with E-state index in [4.69, 9.17) is 0 Å². The minimum absolute atomic E-state index is 0.0469. The topological polar surface area (TPSA) is 17.1 Å². The van der Waals surface area contributed by atoms with Gasteiger partial charge in [0.2, 0.25) is 0 Å². The Morgan fingerprint density at radius 3 is 2.79 bits per heavy atom. The lowest BCUT2D eigenvalue weighted by Gasteiger charge is -2.01. The van der Waals surface area contributed by atoms with Crippen LogP contribution in [0.3, 0.4) is 0 Å². The van der Waals surface area contributed by atoms with Crippen molar-refractivity contribution >= 4 is 21.7 Å². The van der Waals surface area contributed by atoms with E-state index < -0.39 is 0 Å². The summed E-state index contributed by atoms with van der Waals surface area (Å²) < 4.78 is 14.2. The van der Waals surface area contributed by atoms with E-state index in [1.54, 1.807) is 13.0 Å². The smallest absolute Gasteiger partial charge is 0.133 e. The Balaban J connectivity index is 2.23. The van der Waals surface area contributed by atoms with Gasteiger partial charge in [-0.25, -0.2) is 4.39 Å². The van der Waals surface area contributed by atoms with Crippen molar-refractivity contribution in [2.45, 2.75) is 19.3 Å². The Morgan fingerprint density at radius 1 is 1.57 bits per heavy atom. The Morgan fingerprint density at radius 2 is 2.29 bits per heavy atom. The fourth-order valence-corrected chi connectivity index (χ4v) is 2.12. The van der Waals surface area contributed by atoms with Crippen LogP contribution in [0, 0.1) is 11.7 Å². The van der Waals surface area contributed by atoms with E-state index in [2.05, 4.69) is 15.9 Å². The molecule has 2 atom stereocenters. The average molecular weight is 257 g/mol. The van der Waals surface area contributed by atoms with Crippen LogP contribution in [-0.4, -0.2) is 5.78 Å². The minimum atomic E-state index is -0.215. The van der Waals surface area contributed by atoms with Gasteiger partial charge in [-0.2, -0.15) is 0 Å². The summed E-state index contributed by atoms with van der Waals surface area (Å²) in [7, 11) is 0. The molecular formula is C11H10BrFO. The van der Waals surface area contributed by atoms with Crippen molar-refractivity contribution in [2.24, 2.45) is 5.92 Å². The zero-order valence-electron chi connectivity index (χ0n) is 7.76. The fourth-order valence-electron chi connectivity index (χ4n) is 1.79. The molecule has 1 nitrogen and oxygen atoms in total. The van der Waals surface area contributed by atoms with Gasteiger partial charge >= 0.3 is 0 Å². The van der Waals surface area contributed by atoms with E-state index in [9.17, 15) is 9.18 Å². The van der Waals surface area contributed by atoms with Crippen LogP contribution in [0.5, 0.6) is 0 Å². The van der Waals surface area contributed by atoms with Crippen molar-refractivity contribution < 1.29 is 9.18 Å². The van der Waals surface area contributed by atoms with Crippen LogP contribution in [0.1, 0.15) is 24.8 Å². The second kappa shape index (κ2) is 3.46. The van der Waals surface area contributed by atoms with Crippen LogP contribution < -0.4 is 0 Å². The number of benzene rings is 1. The molecule has 0 radical (unpaired) electrons. The molecule has 0 amide bonds. The molecule has 1 aliphatic carbocycles. The lowest BCUT2D eigenvalue weighted by atomic mass is 10.1. The van der Waals surface area contributed by atoms with E-state index in [0.717, 1.165) is 10.9 Å². The highest BCUT2D eigenvalue weighted by molar-refractivity contribution is 9.10. The summed E-state index contributed by atoms with van der Waals surface area (Å²) in [4.78, 5) is 11.0. The molecule has 0 spiro atoms. The van der Waals surface area contributed by atoms with Gasteiger partial charge in [0.05, 0.1) is 0 Å². The average Bonchev–Trinajstić information content (AvgIpc) is 2.83. The summed E-state index contributed by atoms with van der Waals surface area (Å²) in [6, 6.07) is 5.02. The van der Waals surface area contributed by atoms with Crippen LogP contribution >= 0.6 is 15.9 Å². The third-order valence-corrected chi connectivity index (χ3v) is 3.17. The third-order valence-electron chi connectivity index (χ3n) is 2.67. The molecule has 0 aliphatic heterocycles. The number of carbonyl (C=O) groups is 1. The first-order valence-corrected chi connectivity index (χ1v) is 5.34. The molecule has 1 aliphatic rings. The van der Waals surface area contributed by atoms with Crippen molar-refractivity contribution in [2.75, 3.05) is 0 Å². The van der Waals surface area contributed by atoms with Crippen molar-refractivity contribution in [1.82, 2.24) is 0 Å². The summed E-state index contributed by atoms with van der Waals surface area (Å²) in [5.74, 6) is 0.108.